The van der Waals surface area contributed by atoms with Crippen molar-refractivity contribution >= 4 is 45.4 Å². The second-order valence-electron chi connectivity index (χ2n) is 4.37. The van der Waals surface area contributed by atoms with Crippen LogP contribution in [0.15, 0.2) is 54.2 Å². The van der Waals surface area contributed by atoms with Gasteiger partial charge in [0, 0.05) is 22.3 Å². The van der Waals surface area contributed by atoms with E-state index in [1.165, 1.54) is 11.3 Å². The number of pyridine rings is 1. The Bertz CT molecular complexity index is 791. The Morgan fingerprint density at radius 1 is 1.18 bits per heavy atom. The van der Waals surface area contributed by atoms with Gasteiger partial charge in [-0.3, -0.25) is 9.78 Å². The third-order valence-corrected chi connectivity index (χ3v) is 3.72. The number of anilines is 3. The van der Waals surface area contributed by atoms with Crippen LogP contribution >= 0.6 is 22.9 Å². The highest BCUT2D eigenvalue weighted by Crippen LogP contribution is 2.23. The zero-order chi connectivity index (χ0) is 15.4. The maximum absolute atomic E-state index is 12.1. The van der Waals surface area contributed by atoms with E-state index in [1.807, 2.05) is 12.1 Å². The van der Waals surface area contributed by atoms with Crippen molar-refractivity contribution in [3.05, 3.63) is 64.9 Å². The summed E-state index contributed by atoms with van der Waals surface area (Å²) in [6, 6.07) is 10.8. The second-order valence-corrected chi connectivity index (χ2v) is 5.66. The summed E-state index contributed by atoms with van der Waals surface area (Å²) in [6.07, 6.45) is 3.22. The van der Waals surface area contributed by atoms with Crippen LogP contribution in [-0.4, -0.2) is 15.9 Å². The topological polar surface area (TPSA) is 66.9 Å². The third-order valence-electron chi connectivity index (χ3n) is 2.73. The largest absolute Gasteiger partial charge is 0.331 e. The molecule has 0 aliphatic heterocycles. The molecule has 3 aromatic rings. The molecule has 2 aromatic heterocycles. The molecule has 1 amide bonds. The lowest BCUT2D eigenvalue weighted by atomic mass is 10.3. The predicted molar refractivity (Wildman–Crippen MR) is 89.0 cm³/mol. The normalized spacial score (nSPS) is 10.2. The first-order chi connectivity index (χ1) is 10.7. The van der Waals surface area contributed by atoms with Crippen LogP contribution in [0, 0.1) is 0 Å². The van der Waals surface area contributed by atoms with Gasteiger partial charge < -0.3 is 10.6 Å². The molecular weight excluding hydrogens is 320 g/mol. The second kappa shape index (κ2) is 6.55. The number of halogens is 1. The molecule has 0 aliphatic carbocycles. The molecular formula is C15H11ClN4OS. The average Bonchev–Trinajstić information content (AvgIpc) is 2.97. The van der Waals surface area contributed by atoms with Crippen molar-refractivity contribution in [2.24, 2.45) is 0 Å². The van der Waals surface area contributed by atoms with E-state index in [4.69, 9.17) is 11.6 Å². The molecule has 0 saturated carbocycles. The van der Waals surface area contributed by atoms with Gasteiger partial charge in [-0.2, -0.15) is 0 Å². The molecule has 0 fully saturated rings. The molecule has 2 N–H and O–H groups in total. The molecule has 0 bridgehead atoms. The summed E-state index contributed by atoms with van der Waals surface area (Å²) in [4.78, 5) is 20.3. The first kappa shape index (κ1) is 14.5. The molecule has 2 heterocycles. The lowest BCUT2D eigenvalue weighted by Gasteiger charge is -2.03. The van der Waals surface area contributed by atoms with Crippen LogP contribution < -0.4 is 10.6 Å². The van der Waals surface area contributed by atoms with Crippen molar-refractivity contribution in [2.45, 2.75) is 0 Å². The fraction of sp³-hybridized carbons (Fsp3) is 0. The highest BCUT2D eigenvalue weighted by atomic mass is 35.5. The van der Waals surface area contributed by atoms with Crippen LogP contribution in [0.2, 0.25) is 5.02 Å². The quantitative estimate of drug-likeness (QED) is 0.752. The number of nitrogens with zero attached hydrogens (tertiary/aromatic N) is 2. The molecule has 0 aliphatic rings. The Morgan fingerprint density at radius 3 is 2.82 bits per heavy atom. The molecule has 0 atom stereocenters. The highest BCUT2D eigenvalue weighted by molar-refractivity contribution is 7.14. The molecule has 1 aromatic carbocycles. The minimum absolute atomic E-state index is 0.275. The van der Waals surface area contributed by atoms with Gasteiger partial charge in [0.15, 0.2) is 5.13 Å². The molecule has 3 rings (SSSR count). The molecule has 22 heavy (non-hydrogen) atoms. The molecule has 0 spiro atoms. The van der Waals surface area contributed by atoms with Crippen LogP contribution in [-0.2, 0) is 0 Å². The van der Waals surface area contributed by atoms with E-state index in [2.05, 4.69) is 20.6 Å². The number of amides is 1. The fourth-order valence-electron chi connectivity index (χ4n) is 1.76. The lowest BCUT2D eigenvalue weighted by Crippen LogP contribution is -2.12. The zero-order valence-corrected chi connectivity index (χ0v) is 12.9. The molecule has 0 radical (unpaired) electrons. The number of carbonyl (C=O) groups excluding carboxylic acids is 1. The van der Waals surface area contributed by atoms with E-state index in [0.29, 0.717) is 21.5 Å². The number of benzene rings is 1. The van der Waals surface area contributed by atoms with Gasteiger partial charge >= 0.3 is 0 Å². The van der Waals surface area contributed by atoms with Crippen molar-refractivity contribution in [2.75, 3.05) is 10.6 Å². The number of rotatable bonds is 4. The lowest BCUT2D eigenvalue weighted by molar-refractivity contribution is 0.102. The first-order valence-corrected chi connectivity index (χ1v) is 7.66. The van der Waals surface area contributed by atoms with Gasteiger partial charge in [0.1, 0.15) is 5.69 Å². The molecule has 110 valence electrons. The van der Waals surface area contributed by atoms with E-state index in [9.17, 15) is 4.79 Å². The van der Waals surface area contributed by atoms with Gasteiger partial charge in [0.05, 0.1) is 11.9 Å². The van der Waals surface area contributed by atoms with Crippen LogP contribution in [0.25, 0.3) is 0 Å². The summed E-state index contributed by atoms with van der Waals surface area (Å²) in [6.45, 7) is 0. The molecule has 0 unspecified atom stereocenters. The Hall–Kier alpha value is -2.44. The van der Waals surface area contributed by atoms with Crippen molar-refractivity contribution in [3.8, 4) is 0 Å². The maximum Gasteiger partial charge on any atom is 0.275 e. The SMILES string of the molecule is O=C(Nc1cccnc1)c1csc(Nc2cccc(Cl)c2)n1. The van der Waals surface area contributed by atoms with Gasteiger partial charge in [-0.25, -0.2) is 4.98 Å². The average molecular weight is 331 g/mol. The van der Waals surface area contributed by atoms with Gasteiger partial charge in [-0.15, -0.1) is 11.3 Å². The number of carbonyl (C=O) groups is 1. The minimum atomic E-state index is -0.275. The summed E-state index contributed by atoms with van der Waals surface area (Å²) >= 11 is 7.28. The van der Waals surface area contributed by atoms with Gasteiger partial charge in [-0.05, 0) is 30.3 Å². The van der Waals surface area contributed by atoms with Crippen LogP contribution in [0.3, 0.4) is 0 Å². The summed E-state index contributed by atoms with van der Waals surface area (Å²) in [5.41, 5.74) is 1.80. The van der Waals surface area contributed by atoms with Crippen molar-refractivity contribution < 1.29 is 4.79 Å². The fourth-order valence-corrected chi connectivity index (χ4v) is 2.66. The Morgan fingerprint density at radius 2 is 2.05 bits per heavy atom. The van der Waals surface area contributed by atoms with E-state index >= 15 is 0 Å². The van der Waals surface area contributed by atoms with Gasteiger partial charge in [0.2, 0.25) is 0 Å². The van der Waals surface area contributed by atoms with Crippen molar-refractivity contribution in [3.63, 3.8) is 0 Å². The summed E-state index contributed by atoms with van der Waals surface area (Å²) in [5, 5.41) is 8.80. The van der Waals surface area contributed by atoms with E-state index < -0.39 is 0 Å². The minimum Gasteiger partial charge on any atom is -0.331 e. The first-order valence-electron chi connectivity index (χ1n) is 6.40. The van der Waals surface area contributed by atoms with Crippen LogP contribution in [0.4, 0.5) is 16.5 Å². The highest BCUT2D eigenvalue weighted by Gasteiger charge is 2.11. The maximum atomic E-state index is 12.1. The number of hydrogen-bond acceptors (Lipinski definition) is 5. The summed E-state index contributed by atoms with van der Waals surface area (Å²) in [7, 11) is 0. The standard InChI is InChI=1S/C15H11ClN4OS/c16-10-3-1-4-11(7-10)19-15-20-13(9-22-15)14(21)18-12-5-2-6-17-8-12/h1-9H,(H,18,21)(H,19,20). The molecule has 7 heteroatoms. The zero-order valence-electron chi connectivity index (χ0n) is 11.3. The van der Waals surface area contributed by atoms with Crippen LogP contribution in [0.1, 0.15) is 10.5 Å². The van der Waals surface area contributed by atoms with Crippen molar-refractivity contribution in [1.29, 1.82) is 0 Å². The smallest absolute Gasteiger partial charge is 0.275 e. The Labute approximate surface area is 136 Å². The van der Waals surface area contributed by atoms with Gasteiger partial charge in [-0.1, -0.05) is 17.7 Å². The van der Waals surface area contributed by atoms with Crippen molar-refractivity contribution in [1.82, 2.24) is 9.97 Å². The monoisotopic (exact) mass is 330 g/mol. The number of thiazole rings is 1. The Kier molecular flexibility index (Phi) is 4.32. The molecule has 5 nitrogen and oxygen atoms in total. The summed E-state index contributed by atoms with van der Waals surface area (Å²) < 4.78 is 0. The van der Waals surface area contributed by atoms with Crippen LogP contribution in [0.5, 0.6) is 0 Å². The molecule has 0 saturated heterocycles. The van der Waals surface area contributed by atoms with Gasteiger partial charge in [0.25, 0.3) is 5.91 Å². The van der Waals surface area contributed by atoms with E-state index in [-0.39, 0.29) is 5.91 Å². The number of hydrogen-bond donors (Lipinski definition) is 2. The predicted octanol–water partition coefficient (Wildman–Crippen LogP) is 4.19. The summed E-state index contributed by atoms with van der Waals surface area (Å²) in [5.74, 6) is -0.275. The Balaban J connectivity index is 1.69. The number of aromatic nitrogens is 2. The van der Waals surface area contributed by atoms with E-state index in [1.54, 1.807) is 42.0 Å². The third kappa shape index (κ3) is 3.60. The number of nitrogens with one attached hydrogen (secondary N) is 2. The van der Waals surface area contributed by atoms with E-state index in [0.717, 1.165) is 5.69 Å².